The highest BCUT2D eigenvalue weighted by Crippen LogP contribution is 2.54. The Morgan fingerprint density at radius 2 is 2.00 bits per heavy atom. The second-order valence-corrected chi connectivity index (χ2v) is 8.40. The average Bonchev–Trinajstić information content (AvgIpc) is 3.36. The molecule has 0 aromatic heterocycles. The van der Waals surface area contributed by atoms with Crippen LogP contribution in [0.3, 0.4) is 0 Å². The number of aliphatic imine (C=N–C) groups is 1. The average molecular weight is 365 g/mol. The number of hydrogen-bond donors (Lipinski definition) is 1. The topological polar surface area (TPSA) is 49.3 Å². The van der Waals surface area contributed by atoms with Crippen molar-refractivity contribution >= 4 is 5.96 Å². The van der Waals surface area contributed by atoms with Crippen LogP contribution >= 0.6 is 0 Å². The Morgan fingerprint density at radius 1 is 1.23 bits per heavy atom. The van der Waals surface area contributed by atoms with Crippen LogP contribution in [0.15, 0.2) is 4.99 Å². The van der Waals surface area contributed by atoms with Crippen molar-refractivity contribution in [1.29, 1.82) is 0 Å². The van der Waals surface area contributed by atoms with E-state index in [9.17, 15) is 0 Å². The summed E-state index contributed by atoms with van der Waals surface area (Å²) in [6.45, 7) is 9.07. The summed E-state index contributed by atoms with van der Waals surface area (Å²) >= 11 is 0. The Kier molecular flexibility index (Phi) is 5.72. The molecule has 6 heteroatoms. The third kappa shape index (κ3) is 3.36. The Morgan fingerprint density at radius 3 is 2.69 bits per heavy atom. The molecule has 1 spiro atoms. The van der Waals surface area contributed by atoms with E-state index in [2.05, 4.69) is 27.0 Å². The number of nitrogens with zero attached hydrogens (tertiary/aromatic N) is 3. The van der Waals surface area contributed by atoms with E-state index >= 15 is 0 Å². The Labute approximate surface area is 158 Å². The van der Waals surface area contributed by atoms with Crippen molar-refractivity contribution in [1.82, 2.24) is 15.1 Å². The molecule has 0 bridgehead atoms. The maximum atomic E-state index is 6.07. The predicted octanol–water partition coefficient (Wildman–Crippen LogP) is 1.71. The lowest BCUT2D eigenvalue weighted by Crippen LogP contribution is -2.65. The number of hydrogen-bond acceptors (Lipinski definition) is 4. The molecule has 2 aliphatic carbocycles. The summed E-state index contributed by atoms with van der Waals surface area (Å²) < 4.78 is 11.6. The molecule has 148 valence electrons. The van der Waals surface area contributed by atoms with Crippen LogP contribution in [0, 0.1) is 5.41 Å². The lowest BCUT2D eigenvalue weighted by molar-refractivity contribution is -0.126. The van der Waals surface area contributed by atoms with Gasteiger partial charge in [-0.25, -0.2) is 0 Å². The molecule has 2 aliphatic heterocycles. The molecule has 26 heavy (non-hydrogen) atoms. The first-order valence-corrected chi connectivity index (χ1v) is 10.7. The number of likely N-dealkylation sites (tertiary alicyclic amines) is 1. The normalized spacial score (nSPS) is 35.1. The van der Waals surface area contributed by atoms with Gasteiger partial charge in [0.1, 0.15) is 0 Å². The highest BCUT2D eigenvalue weighted by molar-refractivity contribution is 5.80. The van der Waals surface area contributed by atoms with Crippen LogP contribution in [0.5, 0.6) is 0 Å². The van der Waals surface area contributed by atoms with Crippen molar-refractivity contribution in [3.05, 3.63) is 0 Å². The van der Waals surface area contributed by atoms with Crippen LogP contribution in [-0.2, 0) is 9.47 Å². The van der Waals surface area contributed by atoms with E-state index in [1.165, 1.54) is 32.1 Å². The highest BCUT2D eigenvalue weighted by atomic mass is 16.5. The minimum absolute atomic E-state index is 0.356. The van der Waals surface area contributed by atoms with Crippen molar-refractivity contribution in [2.75, 3.05) is 53.0 Å². The van der Waals surface area contributed by atoms with Crippen molar-refractivity contribution in [3.8, 4) is 0 Å². The molecule has 0 radical (unpaired) electrons. The largest absolute Gasteiger partial charge is 0.379 e. The fraction of sp³-hybridized carbons (Fsp3) is 0.950. The summed E-state index contributed by atoms with van der Waals surface area (Å²) in [6.07, 6.45) is 8.13. The molecule has 4 aliphatic rings. The Hall–Kier alpha value is -0.850. The van der Waals surface area contributed by atoms with Crippen LogP contribution in [-0.4, -0.2) is 87.0 Å². The zero-order valence-corrected chi connectivity index (χ0v) is 16.6. The van der Waals surface area contributed by atoms with Gasteiger partial charge in [-0.2, -0.15) is 0 Å². The number of nitrogens with one attached hydrogen (secondary N) is 1. The van der Waals surface area contributed by atoms with Crippen molar-refractivity contribution < 1.29 is 9.47 Å². The van der Waals surface area contributed by atoms with E-state index in [0.717, 1.165) is 58.4 Å². The van der Waals surface area contributed by atoms with Crippen LogP contribution in [0.2, 0.25) is 0 Å². The monoisotopic (exact) mass is 364 g/mol. The zero-order valence-electron chi connectivity index (χ0n) is 16.6. The van der Waals surface area contributed by atoms with Crippen LogP contribution in [0.25, 0.3) is 0 Å². The second kappa shape index (κ2) is 8.03. The Balaban J connectivity index is 1.35. The van der Waals surface area contributed by atoms with Gasteiger partial charge in [-0.15, -0.1) is 0 Å². The van der Waals surface area contributed by atoms with Gasteiger partial charge in [0.25, 0.3) is 0 Å². The summed E-state index contributed by atoms with van der Waals surface area (Å²) in [5.74, 6) is 1.10. The molecule has 2 saturated heterocycles. The minimum atomic E-state index is 0.356. The summed E-state index contributed by atoms with van der Waals surface area (Å²) in [5, 5.41) is 3.84. The first-order chi connectivity index (χ1) is 12.8. The van der Waals surface area contributed by atoms with E-state index in [0.29, 0.717) is 23.6 Å². The summed E-state index contributed by atoms with van der Waals surface area (Å²) in [7, 11) is 1.93. The third-order valence-electron chi connectivity index (χ3n) is 7.23. The maximum absolute atomic E-state index is 6.07. The summed E-state index contributed by atoms with van der Waals surface area (Å²) in [4.78, 5) is 9.71. The Bertz CT molecular complexity index is 500. The van der Waals surface area contributed by atoms with E-state index < -0.39 is 0 Å². The number of rotatable bonds is 4. The van der Waals surface area contributed by atoms with Gasteiger partial charge in [-0.1, -0.05) is 12.8 Å². The van der Waals surface area contributed by atoms with E-state index in [4.69, 9.17) is 9.47 Å². The first-order valence-electron chi connectivity index (χ1n) is 10.7. The highest BCUT2D eigenvalue weighted by Gasteiger charge is 2.57. The molecule has 3 unspecified atom stereocenters. The number of ether oxygens (including phenoxy) is 2. The quantitative estimate of drug-likeness (QED) is 0.608. The molecule has 2 saturated carbocycles. The fourth-order valence-corrected chi connectivity index (χ4v) is 5.72. The van der Waals surface area contributed by atoms with Gasteiger partial charge in [0.05, 0.1) is 19.3 Å². The molecule has 3 atom stereocenters. The molecule has 4 fully saturated rings. The maximum Gasteiger partial charge on any atom is 0.193 e. The smallest absolute Gasteiger partial charge is 0.193 e. The number of guanidine groups is 1. The van der Waals surface area contributed by atoms with Gasteiger partial charge in [0.15, 0.2) is 5.96 Å². The van der Waals surface area contributed by atoms with Gasteiger partial charge in [0, 0.05) is 57.3 Å². The predicted molar refractivity (Wildman–Crippen MR) is 104 cm³/mol. The molecule has 1 N–H and O–H groups in total. The minimum Gasteiger partial charge on any atom is -0.379 e. The van der Waals surface area contributed by atoms with E-state index in [1.54, 1.807) is 0 Å². The SMILES string of the molecule is CCOC1CC(NC(=NC)N2CCC(N3CCOCC3)C2)C12CCCC2. The van der Waals surface area contributed by atoms with Crippen LogP contribution in [0.4, 0.5) is 0 Å². The molecular formula is C20H36N4O2. The van der Waals surface area contributed by atoms with Crippen molar-refractivity contribution in [3.63, 3.8) is 0 Å². The zero-order chi connectivity index (χ0) is 18.0. The number of morpholine rings is 1. The molecule has 2 heterocycles. The summed E-state index contributed by atoms with van der Waals surface area (Å²) in [6, 6.07) is 1.18. The van der Waals surface area contributed by atoms with Crippen LogP contribution < -0.4 is 5.32 Å². The van der Waals surface area contributed by atoms with E-state index in [1.807, 2.05) is 7.05 Å². The van der Waals surface area contributed by atoms with Gasteiger partial charge in [0.2, 0.25) is 0 Å². The van der Waals surface area contributed by atoms with Crippen LogP contribution in [0.1, 0.15) is 45.4 Å². The first kappa shape index (κ1) is 18.5. The van der Waals surface area contributed by atoms with E-state index in [-0.39, 0.29) is 0 Å². The standard InChI is InChI=1S/C20H36N4O2/c1-3-26-18-14-17(20(18)7-4-5-8-20)22-19(21-2)24-9-6-16(15-24)23-10-12-25-13-11-23/h16-18H,3-15H2,1-2H3,(H,21,22). The molecule has 0 amide bonds. The lowest BCUT2D eigenvalue weighted by atomic mass is 9.60. The molecular weight excluding hydrogens is 328 g/mol. The van der Waals surface area contributed by atoms with Gasteiger partial charge < -0.3 is 19.7 Å². The molecule has 0 aromatic rings. The van der Waals surface area contributed by atoms with Gasteiger partial charge in [-0.3, -0.25) is 9.89 Å². The summed E-state index contributed by atoms with van der Waals surface area (Å²) in [5.41, 5.74) is 0.356. The lowest BCUT2D eigenvalue weighted by Gasteiger charge is -2.54. The van der Waals surface area contributed by atoms with Gasteiger partial charge in [-0.05, 0) is 32.6 Å². The fourth-order valence-electron chi connectivity index (χ4n) is 5.72. The second-order valence-electron chi connectivity index (χ2n) is 8.40. The molecule has 0 aromatic carbocycles. The molecule has 4 rings (SSSR count). The molecule has 6 nitrogen and oxygen atoms in total. The van der Waals surface area contributed by atoms with Gasteiger partial charge >= 0.3 is 0 Å². The van der Waals surface area contributed by atoms with Crippen molar-refractivity contribution in [2.45, 2.75) is 63.6 Å². The van der Waals surface area contributed by atoms with Crippen molar-refractivity contribution in [2.24, 2.45) is 10.4 Å². The third-order valence-corrected chi connectivity index (χ3v) is 7.23.